The van der Waals surface area contributed by atoms with Crippen LogP contribution >= 0.6 is 11.6 Å². The number of nitrogens with one attached hydrogen (secondary N) is 1. The van der Waals surface area contributed by atoms with E-state index in [-0.39, 0.29) is 25.5 Å². The van der Waals surface area contributed by atoms with E-state index in [2.05, 4.69) is 15.5 Å². The Morgan fingerprint density at radius 3 is 2.48 bits per heavy atom. The number of carbonyl (C=O) groups excluding carboxylic acids is 1. The summed E-state index contributed by atoms with van der Waals surface area (Å²) < 4.78 is 13.1. The fourth-order valence-electron chi connectivity index (χ4n) is 4.52. The predicted molar refractivity (Wildman–Crippen MR) is 152 cm³/mol. The van der Waals surface area contributed by atoms with Gasteiger partial charge in [0.1, 0.15) is 30.0 Å². The summed E-state index contributed by atoms with van der Waals surface area (Å²) in [5, 5.41) is 30.6. The van der Waals surface area contributed by atoms with E-state index in [9.17, 15) is 14.8 Å². The maximum atomic E-state index is 13.0. The van der Waals surface area contributed by atoms with Crippen molar-refractivity contribution in [3.05, 3.63) is 94.5 Å². The summed E-state index contributed by atoms with van der Waals surface area (Å²) in [4.78, 5) is 18.1. The monoisotopic (exact) mass is 559 g/mol. The zero-order valence-electron chi connectivity index (χ0n) is 21.9. The molecule has 0 bridgehead atoms. The molecule has 2 heterocycles. The largest absolute Gasteiger partial charge is 0.497 e. The van der Waals surface area contributed by atoms with Gasteiger partial charge in [-0.3, -0.25) is 14.4 Å². The van der Waals surface area contributed by atoms with Crippen molar-refractivity contribution in [2.45, 2.75) is 19.4 Å². The van der Waals surface area contributed by atoms with Crippen LogP contribution in [0.25, 0.3) is 5.69 Å². The average Bonchev–Trinajstić information content (AvgIpc) is 3.28. The topological polar surface area (TPSA) is 131 Å². The first-order valence-corrected chi connectivity index (χ1v) is 13.0. The van der Waals surface area contributed by atoms with Crippen molar-refractivity contribution < 1.29 is 24.3 Å². The molecule has 0 aliphatic carbocycles. The molecular weight excluding hydrogens is 533 g/mol. The highest BCUT2D eigenvalue weighted by atomic mass is 35.5. The van der Waals surface area contributed by atoms with Crippen molar-refractivity contribution in [1.29, 1.82) is 0 Å². The number of rotatable bonds is 9. The minimum atomic E-state index is -1.54. The molecule has 4 aromatic rings. The molecule has 3 N–H and O–H groups in total. The summed E-state index contributed by atoms with van der Waals surface area (Å²) in [7, 11) is 0.0721. The number of aliphatic imine (C=N–C) groups is 1. The van der Waals surface area contributed by atoms with E-state index in [1.807, 2.05) is 41.8 Å². The van der Waals surface area contributed by atoms with E-state index < -0.39 is 13.2 Å². The first-order valence-electron chi connectivity index (χ1n) is 12.6. The standard InChI is InChI=1S/C28H27BClN5O5/c1-17-33-34-28-24(16-26(36)31-13-14-40-21-9-5-19(6-10-21)29(37)38)32-27(18-3-7-20(30)8-4-18)23-15-22(39-2)11-12-25(23)35(17)28/h3-12,15,24,37-38H,13-14,16H2,1-2H3,(H,31,36)/t24-/m0/s1. The van der Waals surface area contributed by atoms with Crippen LogP contribution < -0.4 is 20.3 Å². The number of fused-ring (bicyclic) bond motifs is 3. The zero-order valence-corrected chi connectivity index (χ0v) is 22.7. The molecule has 0 radical (unpaired) electrons. The lowest BCUT2D eigenvalue weighted by molar-refractivity contribution is -0.121. The average molecular weight is 560 g/mol. The van der Waals surface area contributed by atoms with Crippen LogP contribution in [0.15, 0.2) is 71.7 Å². The Morgan fingerprint density at radius 2 is 1.77 bits per heavy atom. The number of ether oxygens (including phenoxy) is 2. The van der Waals surface area contributed by atoms with E-state index >= 15 is 0 Å². The molecule has 0 fully saturated rings. The number of carbonyl (C=O) groups is 1. The van der Waals surface area contributed by atoms with Crippen LogP contribution in [0.1, 0.15) is 35.2 Å². The van der Waals surface area contributed by atoms with E-state index in [1.165, 1.54) is 0 Å². The number of aromatic nitrogens is 3. The Kier molecular flexibility index (Phi) is 8.15. The summed E-state index contributed by atoms with van der Waals surface area (Å²) in [6, 6.07) is 18.9. The van der Waals surface area contributed by atoms with Gasteiger partial charge in [0.15, 0.2) is 5.82 Å². The molecule has 0 saturated carbocycles. The van der Waals surface area contributed by atoms with E-state index in [0.29, 0.717) is 39.3 Å². The molecule has 1 aromatic heterocycles. The molecular formula is C28H27BClN5O5. The lowest BCUT2D eigenvalue weighted by Crippen LogP contribution is -2.30. The summed E-state index contributed by atoms with van der Waals surface area (Å²) in [6.45, 7) is 2.37. The van der Waals surface area contributed by atoms with Crippen LogP contribution in [-0.4, -0.2) is 63.8 Å². The number of benzene rings is 3. The van der Waals surface area contributed by atoms with Crippen molar-refractivity contribution in [3.63, 3.8) is 0 Å². The second kappa shape index (κ2) is 11.9. The molecule has 40 heavy (non-hydrogen) atoms. The van der Waals surface area contributed by atoms with Crippen LogP contribution in [0, 0.1) is 6.92 Å². The van der Waals surface area contributed by atoms with Crippen LogP contribution in [0.4, 0.5) is 0 Å². The molecule has 1 atom stereocenters. The van der Waals surface area contributed by atoms with Gasteiger partial charge in [0.2, 0.25) is 5.91 Å². The smallest absolute Gasteiger partial charge is 0.488 e. The highest BCUT2D eigenvalue weighted by Gasteiger charge is 2.30. The number of nitrogens with zero attached hydrogens (tertiary/aromatic N) is 4. The third kappa shape index (κ3) is 5.86. The minimum absolute atomic E-state index is 0.0451. The molecule has 1 amide bonds. The molecule has 5 rings (SSSR count). The van der Waals surface area contributed by atoms with Gasteiger partial charge >= 0.3 is 7.12 Å². The van der Waals surface area contributed by atoms with Crippen LogP contribution in [-0.2, 0) is 4.79 Å². The normalized spacial score (nSPS) is 13.9. The van der Waals surface area contributed by atoms with Gasteiger partial charge in [-0.05, 0) is 54.9 Å². The fourth-order valence-corrected chi connectivity index (χ4v) is 4.65. The molecule has 3 aromatic carbocycles. The third-order valence-electron chi connectivity index (χ3n) is 6.50. The van der Waals surface area contributed by atoms with Gasteiger partial charge in [0.05, 0.1) is 31.5 Å². The third-order valence-corrected chi connectivity index (χ3v) is 6.75. The van der Waals surface area contributed by atoms with Gasteiger partial charge in [0, 0.05) is 16.1 Å². The number of aryl methyl sites for hydroxylation is 1. The van der Waals surface area contributed by atoms with Gasteiger partial charge in [-0.1, -0.05) is 35.9 Å². The number of methoxy groups -OCH3 is 1. The van der Waals surface area contributed by atoms with Crippen LogP contribution in [0.2, 0.25) is 5.02 Å². The Hall–Kier alpha value is -4.19. The summed E-state index contributed by atoms with van der Waals surface area (Å²) >= 11 is 6.16. The number of hydrogen-bond donors (Lipinski definition) is 3. The van der Waals surface area contributed by atoms with E-state index in [4.69, 9.17) is 26.1 Å². The molecule has 0 unspecified atom stereocenters. The van der Waals surface area contributed by atoms with Crippen molar-refractivity contribution in [1.82, 2.24) is 20.1 Å². The van der Waals surface area contributed by atoms with Gasteiger partial charge in [-0.15, -0.1) is 10.2 Å². The van der Waals surface area contributed by atoms with E-state index in [1.54, 1.807) is 43.5 Å². The number of hydrogen-bond acceptors (Lipinski definition) is 8. The first-order chi connectivity index (χ1) is 19.3. The van der Waals surface area contributed by atoms with Crippen molar-refractivity contribution in [2.24, 2.45) is 4.99 Å². The number of halogens is 1. The van der Waals surface area contributed by atoms with Crippen molar-refractivity contribution in [3.8, 4) is 17.2 Å². The Morgan fingerprint density at radius 1 is 1.05 bits per heavy atom. The van der Waals surface area contributed by atoms with Gasteiger partial charge < -0.3 is 24.8 Å². The summed E-state index contributed by atoms with van der Waals surface area (Å²) in [5.41, 5.74) is 3.55. The first kappa shape index (κ1) is 27.4. The molecule has 12 heteroatoms. The molecule has 10 nitrogen and oxygen atoms in total. The van der Waals surface area contributed by atoms with Crippen molar-refractivity contribution in [2.75, 3.05) is 20.3 Å². The maximum absolute atomic E-state index is 13.0. The van der Waals surface area contributed by atoms with Gasteiger partial charge in [-0.2, -0.15) is 0 Å². The molecule has 0 spiro atoms. The van der Waals surface area contributed by atoms with Crippen LogP contribution in [0.3, 0.4) is 0 Å². The predicted octanol–water partition coefficient (Wildman–Crippen LogP) is 2.39. The lowest BCUT2D eigenvalue weighted by Gasteiger charge is -2.14. The SMILES string of the molecule is COc1ccc2c(c1)C(c1ccc(Cl)cc1)=N[C@@H](CC(=O)NCCOc1ccc(B(O)O)cc1)c1nnc(C)n1-2. The van der Waals surface area contributed by atoms with Crippen molar-refractivity contribution >= 4 is 35.8 Å². The fraction of sp³-hybridized carbons (Fsp3) is 0.214. The zero-order chi connectivity index (χ0) is 28.2. The quantitative estimate of drug-likeness (QED) is 0.212. The minimum Gasteiger partial charge on any atom is -0.497 e. The lowest BCUT2D eigenvalue weighted by atomic mass is 9.80. The number of amides is 1. The Balaban J connectivity index is 1.37. The summed E-state index contributed by atoms with van der Waals surface area (Å²) in [5.74, 6) is 2.24. The highest BCUT2D eigenvalue weighted by Crippen LogP contribution is 2.34. The maximum Gasteiger partial charge on any atom is 0.488 e. The highest BCUT2D eigenvalue weighted by molar-refractivity contribution is 6.58. The van der Waals surface area contributed by atoms with E-state index in [0.717, 1.165) is 16.8 Å². The summed E-state index contributed by atoms with van der Waals surface area (Å²) in [6.07, 6.45) is 0.0451. The molecule has 1 aliphatic rings. The van der Waals surface area contributed by atoms with Gasteiger partial charge in [0.25, 0.3) is 0 Å². The second-order valence-corrected chi connectivity index (χ2v) is 9.61. The van der Waals surface area contributed by atoms with Gasteiger partial charge in [-0.25, -0.2) is 0 Å². The Bertz CT molecular complexity index is 1540. The molecule has 204 valence electrons. The second-order valence-electron chi connectivity index (χ2n) is 9.17. The molecule has 0 saturated heterocycles. The molecule has 1 aliphatic heterocycles. The van der Waals surface area contributed by atoms with Crippen LogP contribution in [0.5, 0.6) is 11.5 Å². The Labute approximate surface area is 236 Å².